The van der Waals surface area contributed by atoms with Gasteiger partial charge in [-0.3, -0.25) is 9.69 Å². The van der Waals surface area contributed by atoms with Gasteiger partial charge in [0.2, 0.25) is 5.91 Å². The van der Waals surface area contributed by atoms with E-state index in [1.54, 1.807) is 0 Å². The Balaban J connectivity index is 1.98. The van der Waals surface area contributed by atoms with E-state index < -0.39 is 0 Å². The van der Waals surface area contributed by atoms with Gasteiger partial charge < -0.3 is 10.6 Å². The van der Waals surface area contributed by atoms with Crippen molar-refractivity contribution in [1.29, 1.82) is 0 Å². The third-order valence-corrected chi connectivity index (χ3v) is 3.96. The van der Waals surface area contributed by atoms with Crippen LogP contribution >= 0.6 is 0 Å². The molecule has 24 heavy (non-hydrogen) atoms. The monoisotopic (exact) mass is 325 g/mol. The molecule has 4 nitrogen and oxygen atoms in total. The van der Waals surface area contributed by atoms with Crippen molar-refractivity contribution in [2.75, 3.05) is 20.1 Å². The van der Waals surface area contributed by atoms with Crippen LogP contribution in [0.5, 0.6) is 0 Å². The maximum Gasteiger partial charge on any atom is 0.234 e. The van der Waals surface area contributed by atoms with Gasteiger partial charge in [0, 0.05) is 25.7 Å². The molecule has 2 aromatic carbocycles. The lowest BCUT2D eigenvalue weighted by Crippen LogP contribution is -2.42. The lowest BCUT2D eigenvalue weighted by Gasteiger charge is -2.22. The largest absolute Gasteiger partial charge is 0.353 e. The SMILES string of the molecule is CNC(C)CNC(=O)CN(Cc1ccccc1)Cc1ccccc1. The summed E-state index contributed by atoms with van der Waals surface area (Å²) < 4.78 is 0. The van der Waals surface area contributed by atoms with Crippen molar-refractivity contribution < 1.29 is 4.79 Å². The zero-order valence-corrected chi connectivity index (χ0v) is 14.5. The van der Waals surface area contributed by atoms with Crippen molar-refractivity contribution in [3.63, 3.8) is 0 Å². The molecule has 0 radical (unpaired) electrons. The van der Waals surface area contributed by atoms with E-state index in [0.717, 1.165) is 13.1 Å². The minimum absolute atomic E-state index is 0.0592. The number of hydrogen-bond donors (Lipinski definition) is 2. The number of amides is 1. The highest BCUT2D eigenvalue weighted by Gasteiger charge is 2.12. The minimum atomic E-state index is 0.0592. The Morgan fingerprint density at radius 2 is 1.46 bits per heavy atom. The van der Waals surface area contributed by atoms with Gasteiger partial charge in [-0.25, -0.2) is 0 Å². The fraction of sp³-hybridized carbons (Fsp3) is 0.350. The van der Waals surface area contributed by atoms with Crippen LogP contribution in [-0.2, 0) is 17.9 Å². The molecule has 1 atom stereocenters. The molecule has 0 heterocycles. The van der Waals surface area contributed by atoms with Crippen molar-refractivity contribution in [3.8, 4) is 0 Å². The molecule has 0 aliphatic heterocycles. The molecule has 2 N–H and O–H groups in total. The van der Waals surface area contributed by atoms with Crippen molar-refractivity contribution in [3.05, 3.63) is 71.8 Å². The average molecular weight is 325 g/mol. The van der Waals surface area contributed by atoms with Gasteiger partial charge in [-0.05, 0) is 25.1 Å². The summed E-state index contributed by atoms with van der Waals surface area (Å²) in [4.78, 5) is 14.4. The first kappa shape index (κ1) is 18.2. The summed E-state index contributed by atoms with van der Waals surface area (Å²) in [5.41, 5.74) is 2.43. The number of nitrogens with one attached hydrogen (secondary N) is 2. The van der Waals surface area contributed by atoms with E-state index in [9.17, 15) is 4.79 Å². The van der Waals surface area contributed by atoms with Crippen LogP contribution in [0.2, 0.25) is 0 Å². The Kier molecular flexibility index (Phi) is 7.46. The predicted molar refractivity (Wildman–Crippen MR) is 98.5 cm³/mol. The third-order valence-electron chi connectivity index (χ3n) is 3.96. The second-order valence-corrected chi connectivity index (χ2v) is 6.11. The molecule has 2 aromatic rings. The first-order valence-electron chi connectivity index (χ1n) is 8.41. The fourth-order valence-electron chi connectivity index (χ4n) is 2.48. The molecule has 0 aliphatic rings. The molecule has 0 saturated carbocycles. The fourth-order valence-corrected chi connectivity index (χ4v) is 2.48. The normalized spacial score (nSPS) is 12.1. The van der Waals surface area contributed by atoms with Crippen LogP contribution in [-0.4, -0.2) is 37.0 Å². The van der Waals surface area contributed by atoms with E-state index in [1.165, 1.54) is 11.1 Å². The number of rotatable bonds is 9. The molecule has 0 bridgehead atoms. The average Bonchev–Trinajstić information content (AvgIpc) is 2.61. The molecular weight excluding hydrogens is 298 g/mol. The van der Waals surface area contributed by atoms with E-state index in [-0.39, 0.29) is 11.9 Å². The topological polar surface area (TPSA) is 44.4 Å². The summed E-state index contributed by atoms with van der Waals surface area (Å²) in [5, 5.41) is 6.12. The number of carbonyl (C=O) groups is 1. The highest BCUT2D eigenvalue weighted by atomic mass is 16.2. The van der Waals surface area contributed by atoms with Crippen LogP contribution in [0.25, 0.3) is 0 Å². The lowest BCUT2D eigenvalue weighted by atomic mass is 10.1. The standard InChI is InChI=1S/C20H27N3O/c1-17(21-2)13-22-20(24)16-23(14-18-9-5-3-6-10-18)15-19-11-7-4-8-12-19/h3-12,17,21H,13-16H2,1-2H3,(H,22,24). The van der Waals surface area contributed by atoms with Gasteiger partial charge in [-0.2, -0.15) is 0 Å². The van der Waals surface area contributed by atoms with E-state index in [0.29, 0.717) is 13.1 Å². The van der Waals surface area contributed by atoms with Gasteiger partial charge in [0.25, 0.3) is 0 Å². The Morgan fingerprint density at radius 3 is 1.92 bits per heavy atom. The van der Waals surface area contributed by atoms with Gasteiger partial charge in [0.05, 0.1) is 6.54 Å². The molecule has 4 heteroatoms. The van der Waals surface area contributed by atoms with Crippen molar-refractivity contribution in [2.24, 2.45) is 0 Å². The molecular formula is C20H27N3O. The molecule has 0 fully saturated rings. The van der Waals surface area contributed by atoms with Crippen LogP contribution in [0.1, 0.15) is 18.1 Å². The number of benzene rings is 2. The summed E-state index contributed by atoms with van der Waals surface area (Å²) >= 11 is 0. The Hall–Kier alpha value is -2.17. The number of nitrogens with zero attached hydrogens (tertiary/aromatic N) is 1. The predicted octanol–water partition coefficient (Wildman–Crippen LogP) is 2.41. The number of likely N-dealkylation sites (N-methyl/N-ethyl adjacent to an activating group) is 1. The highest BCUT2D eigenvalue weighted by molar-refractivity contribution is 5.78. The van der Waals surface area contributed by atoms with E-state index in [4.69, 9.17) is 0 Å². The smallest absolute Gasteiger partial charge is 0.234 e. The van der Waals surface area contributed by atoms with Crippen LogP contribution in [0, 0.1) is 0 Å². The van der Waals surface area contributed by atoms with Crippen molar-refractivity contribution in [1.82, 2.24) is 15.5 Å². The summed E-state index contributed by atoms with van der Waals surface area (Å²) in [6, 6.07) is 20.8. The van der Waals surface area contributed by atoms with E-state index in [1.807, 2.05) is 50.4 Å². The maximum absolute atomic E-state index is 12.3. The summed E-state index contributed by atoms with van der Waals surface area (Å²) in [7, 11) is 1.90. The summed E-state index contributed by atoms with van der Waals surface area (Å²) in [6.45, 7) is 4.58. The molecule has 2 rings (SSSR count). The van der Waals surface area contributed by atoms with Gasteiger partial charge in [-0.15, -0.1) is 0 Å². The lowest BCUT2D eigenvalue weighted by molar-refractivity contribution is -0.122. The Morgan fingerprint density at radius 1 is 0.958 bits per heavy atom. The highest BCUT2D eigenvalue weighted by Crippen LogP contribution is 2.09. The molecule has 0 aromatic heterocycles. The summed E-state index contributed by atoms with van der Waals surface area (Å²) in [5.74, 6) is 0.0592. The van der Waals surface area contributed by atoms with Gasteiger partial charge in [0.1, 0.15) is 0 Å². The first-order chi connectivity index (χ1) is 11.7. The zero-order chi connectivity index (χ0) is 17.2. The molecule has 1 unspecified atom stereocenters. The Labute approximate surface area is 144 Å². The molecule has 0 saturated heterocycles. The first-order valence-corrected chi connectivity index (χ1v) is 8.41. The van der Waals surface area contributed by atoms with Crippen molar-refractivity contribution >= 4 is 5.91 Å². The molecule has 0 aliphatic carbocycles. The van der Waals surface area contributed by atoms with Crippen LogP contribution in [0.3, 0.4) is 0 Å². The van der Waals surface area contributed by atoms with E-state index >= 15 is 0 Å². The number of hydrogen-bond acceptors (Lipinski definition) is 3. The third kappa shape index (κ3) is 6.52. The molecule has 128 valence electrons. The van der Waals surface area contributed by atoms with Gasteiger partial charge in [-0.1, -0.05) is 60.7 Å². The summed E-state index contributed by atoms with van der Waals surface area (Å²) in [6.07, 6.45) is 0. The quantitative estimate of drug-likeness (QED) is 0.744. The van der Waals surface area contributed by atoms with Gasteiger partial charge >= 0.3 is 0 Å². The Bertz CT molecular complexity index is 559. The minimum Gasteiger partial charge on any atom is -0.353 e. The van der Waals surface area contributed by atoms with Crippen LogP contribution in [0.4, 0.5) is 0 Å². The molecule has 1 amide bonds. The van der Waals surface area contributed by atoms with E-state index in [2.05, 4.69) is 39.8 Å². The van der Waals surface area contributed by atoms with Crippen LogP contribution < -0.4 is 10.6 Å². The van der Waals surface area contributed by atoms with Gasteiger partial charge in [0.15, 0.2) is 0 Å². The molecule has 0 spiro atoms. The van der Waals surface area contributed by atoms with Crippen LogP contribution in [0.15, 0.2) is 60.7 Å². The number of carbonyl (C=O) groups excluding carboxylic acids is 1. The second kappa shape index (κ2) is 9.85. The maximum atomic E-state index is 12.3. The second-order valence-electron chi connectivity index (χ2n) is 6.11. The zero-order valence-electron chi connectivity index (χ0n) is 14.5. The van der Waals surface area contributed by atoms with Crippen molar-refractivity contribution in [2.45, 2.75) is 26.1 Å².